The molecule has 2 aromatic heterocycles. The normalized spacial score (nSPS) is 23.9. The van der Waals surface area contributed by atoms with Crippen molar-refractivity contribution in [3.05, 3.63) is 57.8 Å². The molecule has 3 atom stereocenters. The highest BCUT2D eigenvalue weighted by Gasteiger charge is 2.32. The van der Waals surface area contributed by atoms with E-state index < -0.39 is 0 Å². The molecule has 7 nitrogen and oxygen atoms in total. The van der Waals surface area contributed by atoms with Crippen molar-refractivity contribution in [2.75, 3.05) is 26.2 Å². The summed E-state index contributed by atoms with van der Waals surface area (Å²) in [6, 6.07) is 1.79. The van der Waals surface area contributed by atoms with E-state index in [1.165, 1.54) is 32.4 Å². The summed E-state index contributed by atoms with van der Waals surface area (Å²) in [6.45, 7) is 7.92. The fourth-order valence-electron chi connectivity index (χ4n) is 6.07. The first-order valence-corrected chi connectivity index (χ1v) is 13.7. The Bertz CT molecular complexity index is 1220. The van der Waals surface area contributed by atoms with Crippen molar-refractivity contribution in [1.29, 1.82) is 0 Å². The number of allylic oxidation sites excluding steroid dienone is 4. The van der Waals surface area contributed by atoms with Gasteiger partial charge in [-0.25, -0.2) is 0 Å². The predicted octanol–water partition coefficient (Wildman–Crippen LogP) is 4.29. The minimum absolute atomic E-state index is 0.000683. The van der Waals surface area contributed by atoms with Crippen LogP contribution in [0.1, 0.15) is 57.6 Å². The molecular weight excluding hydrogens is 476 g/mol. The van der Waals surface area contributed by atoms with E-state index in [1.54, 1.807) is 10.6 Å². The van der Waals surface area contributed by atoms with Gasteiger partial charge >= 0.3 is 0 Å². The Labute approximate surface area is 217 Å². The van der Waals surface area contributed by atoms with Gasteiger partial charge in [0, 0.05) is 54.6 Å². The van der Waals surface area contributed by atoms with Crippen LogP contribution in [-0.4, -0.2) is 52.1 Å². The highest BCUT2D eigenvalue weighted by molar-refractivity contribution is 6.31. The van der Waals surface area contributed by atoms with Crippen LogP contribution >= 0.6 is 11.6 Å². The number of nitrogens with one attached hydrogen (secondary N) is 1. The molecule has 1 aliphatic heterocycles. The molecule has 1 saturated carbocycles. The lowest BCUT2D eigenvalue weighted by atomic mass is 9.97. The maximum absolute atomic E-state index is 13.5. The molecule has 1 saturated heterocycles. The number of likely N-dealkylation sites (tertiary alicyclic amines) is 1. The molecule has 3 aliphatic rings. The molecule has 0 radical (unpaired) electrons. The third kappa shape index (κ3) is 5.73. The zero-order valence-corrected chi connectivity index (χ0v) is 22.0. The lowest BCUT2D eigenvalue weighted by Crippen LogP contribution is -2.37. The third-order valence-corrected chi connectivity index (χ3v) is 7.85. The van der Waals surface area contributed by atoms with Gasteiger partial charge in [0.25, 0.3) is 5.56 Å². The number of rotatable bonds is 9. The summed E-state index contributed by atoms with van der Waals surface area (Å²) in [5.41, 5.74) is 1.06. The number of hydrogen-bond donors (Lipinski definition) is 1. The Morgan fingerprint density at radius 1 is 1.22 bits per heavy atom. The first-order chi connectivity index (χ1) is 17.4. The van der Waals surface area contributed by atoms with Crippen molar-refractivity contribution in [3.63, 3.8) is 0 Å². The zero-order valence-electron chi connectivity index (χ0n) is 21.3. The Balaban J connectivity index is 1.32. The van der Waals surface area contributed by atoms with E-state index >= 15 is 0 Å². The number of ether oxygens (including phenoxy) is 1. The molecular formula is C28H37ClN4O3. The number of nitrogens with zero attached hydrogens (tertiary/aromatic N) is 3. The minimum Gasteiger partial charge on any atom is -0.492 e. The number of carbonyl (C=O) groups is 1. The lowest BCUT2D eigenvalue weighted by Gasteiger charge is -2.31. The van der Waals surface area contributed by atoms with E-state index in [4.69, 9.17) is 16.3 Å². The topological polar surface area (TPSA) is 68.0 Å². The molecule has 0 spiro atoms. The molecule has 1 unspecified atom stereocenters. The molecule has 2 bridgehead atoms. The first-order valence-electron chi connectivity index (χ1n) is 13.3. The molecule has 194 valence electrons. The van der Waals surface area contributed by atoms with Crippen molar-refractivity contribution in [2.24, 2.45) is 11.8 Å². The summed E-state index contributed by atoms with van der Waals surface area (Å²) < 4.78 is 9.46. The van der Waals surface area contributed by atoms with Gasteiger partial charge < -0.3 is 19.4 Å². The average molecular weight is 513 g/mol. The van der Waals surface area contributed by atoms with Crippen LogP contribution in [0.5, 0.6) is 5.75 Å². The number of hydrogen-bond acceptors (Lipinski definition) is 4. The van der Waals surface area contributed by atoms with Crippen LogP contribution < -0.4 is 15.6 Å². The van der Waals surface area contributed by atoms with Gasteiger partial charge in [0.2, 0.25) is 5.91 Å². The van der Waals surface area contributed by atoms with Crippen LogP contribution in [0.25, 0.3) is 5.52 Å². The molecule has 0 aromatic carbocycles. The fraction of sp³-hybridized carbons (Fsp3) is 0.571. The summed E-state index contributed by atoms with van der Waals surface area (Å²) >= 11 is 6.27. The quantitative estimate of drug-likeness (QED) is 0.509. The first kappa shape index (κ1) is 25.2. The van der Waals surface area contributed by atoms with Crippen molar-refractivity contribution in [1.82, 2.24) is 19.2 Å². The number of piperidine rings is 1. The minimum atomic E-state index is -0.205. The highest BCUT2D eigenvalue weighted by atomic mass is 35.5. The van der Waals surface area contributed by atoms with E-state index in [-0.39, 0.29) is 30.0 Å². The van der Waals surface area contributed by atoms with E-state index in [1.807, 2.05) is 48.9 Å². The number of carbonyl (C=O) groups excluding carboxylic acids is 1. The second-order valence-corrected chi connectivity index (χ2v) is 11.4. The third-order valence-electron chi connectivity index (χ3n) is 7.60. The van der Waals surface area contributed by atoms with Gasteiger partial charge in [-0.3, -0.25) is 14.2 Å². The van der Waals surface area contributed by atoms with Crippen LogP contribution in [0.15, 0.2) is 46.5 Å². The maximum atomic E-state index is 13.5. The second-order valence-electron chi connectivity index (χ2n) is 10.9. The van der Waals surface area contributed by atoms with E-state index in [2.05, 4.69) is 10.2 Å². The Kier molecular flexibility index (Phi) is 7.58. The van der Waals surface area contributed by atoms with Crippen LogP contribution in [0.4, 0.5) is 0 Å². The van der Waals surface area contributed by atoms with Gasteiger partial charge in [0.05, 0.1) is 12.8 Å². The van der Waals surface area contributed by atoms with E-state index in [9.17, 15) is 9.59 Å². The summed E-state index contributed by atoms with van der Waals surface area (Å²) in [6.07, 6.45) is 15.5. The molecule has 3 heterocycles. The second kappa shape index (κ2) is 10.9. The Hall–Kier alpha value is -2.51. The molecule has 2 aliphatic carbocycles. The van der Waals surface area contributed by atoms with Gasteiger partial charge in [-0.1, -0.05) is 23.8 Å². The number of aromatic nitrogens is 2. The van der Waals surface area contributed by atoms with Gasteiger partial charge in [0.1, 0.15) is 17.8 Å². The van der Waals surface area contributed by atoms with Crippen molar-refractivity contribution >= 4 is 23.0 Å². The monoisotopic (exact) mass is 512 g/mol. The summed E-state index contributed by atoms with van der Waals surface area (Å²) in [7, 11) is 0. The molecule has 2 fully saturated rings. The molecule has 1 N–H and O–H groups in total. The van der Waals surface area contributed by atoms with Crippen LogP contribution in [-0.2, 0) is 11.3 Å². The van der Waals surface area contributed by atoms with Gasteiger partial charge in [0.15, 0.2) is 0 Å². The van der Waals surface area contributed by atoms with E-state index in [0.29, 0.717) is 22.9 Å². The van der Waals surface area contributed by atoms with Crippen LogP contribution in [0.2, 0.25) is 0 Å². The highest BCUT2D eigenvalue weighted by Crippen LogP contribution is 2.36. The van der Waals surface area contributed by atoms with Gasteiger partial charge in [-0.15, -0.1) is 0 Å². The molecule has 2 aromatic rings. The molecule has 5 rings (SSSR count). The lowest BCUT2D eigenvalue weighted by molar-refractivity contribution is -0.122. The van der Waals surface area contributed by atoms with Gasteiger partial charge in [-0.05, 0) is 63.9 Å². The molecule has 36 heavy (non-hydrogen) atoms. The Morgan fingerprint density at radius 3 is 2.72 bits per heavy atom. The number of halogens is 1. The van der Waals surface area contributed by atoms with Crippen molar-refractivity contribution < 1.29 is 9.53 Å². The summed E-state index contributed by atoms with van der Waals surface area (Å²) in [5, 5.41) is 3.53. The largest absolute Gasteiger partial charge is 0.492 e. The van der Waals surface area contributed by atoms with Crippen LogP contribution in [0, 0.1) is 11.8 Å². The zero-order chi connectivity index (χ0) is 25.2. The fourth-order valence-corrected chi connectivity index (χ4v) is 6.32. The standard InChI is InChI=1S/C28H37ClN4O3/c1-19(2)30-27(34)18-33-26(22-5-3-6-23(29)12-22)17-32-16-24(13-25(32)28(33)35)36-10-4-9-31-14-20-7-8-21(11-20)15-31/h3,6,12-13,16-17,19-22H,4-5,7-11,14-15,18H2,1-2H3,(H,30,34)/t20-,21+,22?. The van der Waals surface area contributed by atoms with Crippen molar-refractivity contribution in [2.45, 2.75) is 64.5 Å². The van der Waals surface area contributed by atoms with E-state index in [0.717, 1.165) is 36.9 Å². The van der Waals surface area contributed by atoms with Crippen LogP contribution in [0.3, 0.4) is 0 Å². The maximum Gasteiger partial charge on any atom is 0.275 e. The summed E-state index contributed by atoms with van der Waals surface area (Å²) in [4.78, 5) is 28.7. The predicted molar refractivity (Wildman–Crippen MR) is 143 cm³/mol. The Morgan fingerprint density at radius 2 is 2.00 bits per heavy atom. The molecule has 8 heteroatoms. The molecule has 1 amide bonds. The van der Waals surface area contributed by atoms with Gasteiger partial charge in [-0.2, -0.15) is 0 Å². The SMILES string of the molecule is CC(C)NC(=O)Cn1c(C2C=C(Cl)C=CC2)cn2cc(OCCCN3C[C@@H]4CC[C@@H](C4)C3)cc2c1=O. The number of amides is 1. The number of fused-ring (bicyclic) bond motifs is 3. The van der Waals surface area contributed by atoms with Crippen molar-refractivity contribution in [3.8, 4) is 5.75 Å². The average Bonchev–Trinajstić information content (AvgIpc) is 3.40. The smallest absolute Gasteiger partial charge is 0.275 e. The summed E-state index contributed by atoms with van der Waals surface area (Å²) in [5.74, 6) is 2.19.